The highest BCUT2D eigenvalue weighted by Gasteiger charge is 2.49. The van der Waals surface area contributed by atoms with Crippen LogP contribution in [0.15, 0.2) is 24.5 Å². The zero-order chi connectivity index (χ0) is 12.6. The Labute approximate surface area is 104 Å². The number of aliphatic carboxylic acids is 1. The quantitative estimate of drug-likeness (QED) is 0.746. The number of imidazole rings is 1. The standard InChI is InChI=1S/C13H15N3O2/c17-12(18)13(3-4-13)7-14-6-9-1-2-10-11(5-9)16-8-15-10/h1-2,5,8,14H,3-4,6-7H2,(H,15,16)(H,17,18). The van der Waals surface area contributed by atoms with E-state index in [4.69, 9.17) is 5.11 Å². The average molecular weight is 245 g/mol. The number of rotatable bonds is 5. The number of hydrogen-bond acceptors (Lipinski definition) is 3. The molecule has 0 bridgehead atoms. The van der Waals surface area contributed by atoms with Crippen LogP contribution in [-0.2, 0) is 11.3 Å². The topological polar surface area (TPSA) is 78.0 Å². The number of carbonyl (C=O) groups is 1. The van der Waals surface area contributed by atoms with Gasteiger partial charge in [-0.25, -0.2) is 4.98 Å². The second-order valence-corrected chi connectivity index (χ2v) is 4.94. The van der Waals surface area contributed by atoms with Crippen molar-refractivity contribution in [3.63, 3.8) is 0 Å². The minimum Gasteiger partial charge on any atom is -0.481 e. The van der Waals surface area contributed by atoms with Gasteiger partial charge in [0.15, 0.2) is 0 Å². The molecule has 0 aliphatic heterocycles. The lowest BCUT2D eigenvalue weighted by molar-refractivity contribution is -0.143. The molecule has 1 aromatic heterocycles. The van der Waals surface area contributed by atoms with Gasteiger partial charge in [-0.2, -0.15) is 0 Å². The van der Waals surface area contributed by atoms with Crippen LogP contribution < -0.4 is 5.32 Å². The molecule has 1 saturated carbocycles. The fraction of sp³-hybridized carbons (Fsp3) is 0.385. The summed E-state index contributed by atoms with van der Waals surface area (Å²) >= 11 is 0. The van der Waals surface area contributed by atoms with Crippen molar-refractivity contribution in [1.29, 1.82) is 0 Å². The first kappa shape index (κ1) is 11.2. The monoisotopic (exact) mass is 245 g/mol. The second kappa shape index (κ2) is 4.10. The van der Waals surface area contributed by atoms with Gasteiger partial charge in [0, 0.05) is 13.1 Å². The van der Waals surface area contributed by atoms with Gasteiger partial charge in [-0.3, -0.25) is 4.79 Å². The van der Waals surface area contributed by atoms with Gasteiger partial charge in [0.05, 0.1) is 22.8 Å². The van der Waals surface area contributed by atoms with Crippen LogP contribution in [0.2, 0.25) is 0 Å². The van der Waals surface area contributed by atoms with Gasteiger partial charge >= 0.3 is 5.97 Å². The molecule has 1 heterocycles. The molecular weight excluding hydrogens is 230 g/mol. The maximum atomic E-state index is 11.0. The summed E-state index contributed by atoms with van der Waals surface area (Å²) in [5.41, 5.74) is 2.59. The lowest BCUT2D eigenvalue weighted by atomic mass is 10.1. The molecular formula is C13H15N3O2. The van der Waals surface area contributed by atoms with Gasteiger partial charge < -0.3 is 15.4 Å². The molecule has 0 saturated heterocycles. The van der Waals surface area contributed by atoms with Crippen molar-refractivity contribution >= 4 is 17.0 Å². The van der Waals surface area contributed by atoms with Crippen molar-refractivity contribution in [2.24, 2.45) is 5.41 Å². The Kier molecular flexibility index (Phi) is 2.56. The molecule has 18 heavy (non-hydrogen) atoms. The predicted molar refractivity (Wildman–Crippen MR) is 67.1 cm³/mol. The van der Waals surface area contributed by atoms with Crippen LogP contribution in [0, 0.1) is 5.41 Å². The molecule has 3 rings (SSSR count). The molecule has 1 aliphatic rings. The number of aromatic nitrogens is 2. The van der Waals surface area contributed by atoms with Gasteiger partial charge in [0.25, 0.3) is 0 Å². The third kappa shape index (κ3) is 1.97. The highest BCUT2D eigenvalue weighted by atomic mass is 16.4. The smallest absolute Gasteiger partial charge is 0.310 e. The summed E-state index contributed by atoms with van der Waals surface area (Å²) in [4.78, 5) is 18.2. The molecule has 1 fully saturated rings. The number of aromatic amines is 1. The van der Waals surface area contributed by atoms with Crippen LogP contribution in [0.1, 0.15) is 18.4 Å². The fourth-order valence-corrected chi connectivity index (χ4v) is 2.16. The summed E-state index contributed by atoms with van der Waals surface area (Å²) in [6, 6.07) is 6.01. The van der Waals surface area contributed by atoms with Crippen LogP contribution in [-0.4, -0.2) is 27.6 Å². The van der Waals surface area contributed by atoms with E-state index in [1.807, 2.05) is 18.2 Å². The maximum absolute atomic E-state index is 11.0. The molecule has 1 aromatic carbocycles. The molecule has 0 radical (unpaired) electrons. The zero-order valence-corrected chi connectivity index (χ0v) is 9.94. The fourth-order valence-electron chi connectivity index (χ4n) is 2.16. The largest absolute Gasteiger partial charge is 0.481 e. The molecule has 0 unspecified atom stereocenters. The Morgan fingerprint density at radius 3 is 3.06 bits per heavy atom. The van der Waals surface area contributed by atoms with E-state index in [9.17, 15) is 4.79 Å². The summed E-state index contributed by atoms with van der Waals surface area (Å²) in [5, 5.41) is 12.3. The number of H-pyrrole nitrogens is 1. The number of carboxylic acid groups (broad SMARTS) is 1. The minimum atomic E-state index is -0.681. The number of fused-ring (bicyclic) bond motifs is 1. The highest BCUT2D eigenvalue weighted by molar-refractivity contribution is 5.78. The van der Waals surface area contributed by atoms with Gasteiger partial charge in [-0.15, -0.1) is 0 Å². The van der Waals surface area contributed by atoms with Crippen LogP contribution >= 0.6 is 0 Å². The van der Waals surface area contributed by atoms with Crippen molar-refractivity contribution < 1.29 is 9.90 Å². The van der Waals surface area contributed by atoms with Crippen LogP contribution in [0.3, 0.4) is 0 Å². The maximum Gasteiger partial charge on any atom is 0.310 e. The Bertz CT molecular complexity index is 587. The Hall–Kier alpha value is -1.88. The van der Waals surface area contributed by atoms with Crippen LogP contribution in [0.5, 0.6) is 0 Å². The zero-order valence-electron chi connectivity index (χ0n) is 9.94. The summed E-state index contributed by atoms with van der Waals surface area (Å²) in [5.74, 6) is -0.681. The molecule has 94 valence electrons. The van der Waals surface area contributed by atoms with Crippen molar-refractivity contribution in [3.8, 4) is 0 Å². The first-order chi connectivity index (χ1) is 8.70. The van der Waals surface area contributed by atoms with E-state index in [-0.39, 0.29) is 0 Å². The van der Waals surface area contributed by atoms with Crippen molar-refractivity contribution in [2.75, 3.05) is 6.54 Å². The van der Waals surface area contributed by atoms with E-state index < -0.39 is 11.4 Å². The van der Waals surface area contributed by atoms with E-state index in [1.165, 1.54) is 0 Å². The molecule has 0 spiro atoms. The third-order valence-corrected chi connectivity index (χ3v) is 3.58. The summed E-state index contributed by atoms with van der Waals surface area (Å²) in [6.45, 7) is 1.23. The van der Waals surface area contributed by atoms with Crippen molar-refractivity contribution in [1.82, 2.24) is 15.3 Å². The van der Waals surface area contributed by atoms with Crippen molar-refractivity contribution in [2.45, 2.75) is 19.4 Å². The van der Waals surface area contributed by atoms with Crippen molar-refractivity contribution in [3.05, 3.63) is 30.1 Å². The molecule has 1 aliphatic carbocycles. The number of nitrogens with zero attached hydrogens (tertiary/aromatic N) is 1. The van der Waals surface area contributed by atoms with E-state index >= 15 is 0 Å². The normalized spacial score (nSPS) is 16.9. The predicted octanol–water partition coefficient (Wildman–Crippen LogP) is 1.52. The van der Waals surface area contributed by atoms with E-state index in [0.29, 0.717) is 13.1 Å². The molecule has 0 atom stereocenters. The van der Waals surface area contributed by atoms with E-state index in [0.717, 1.165) is 29.4 Å². The molecule has 5 nitrogen and oxygen atoms in total. The first-order valence-electron chi connectivity index (χ1n) is 6.06. The van der Waals surface area contributed by atoms with Gasteiger partial charge in [0.2, 0.25) is 0 Å². The van der Waals surface area contributed by atoms with Gasteiger partial charge in [-0.05, 0) is 30.5 Å². The lowest BCUT2D eigenvalue weighted by Crippen LogP contribution is -2.29. The molecule has 3 N–H and O–H groups in total. The SMILES string of the molecule is O=C(O)C1(CNCc2ccc3nc[nH]c3c2)CC1. The van der Waals surface area contributed by atoms with E-state index in [2.05, 4.69) is 15.3 Å². The highest BCUT2D eigenvalue weighted by Crippen LogP contribution is 2.45. The minimum absolute atomic E-state index is 0.502. The number of benzene rings is 1. The van der Waals surface area contributed by atoms with E-state index in [1.54, 1.807) is 6.33 Å². The Morgan fingerprint density at radius 2 is 2.33 bits per heavy atom. The molecule has 2 aromatic rings. The summed E-state index contributed by atoms with van der Waals surface area (Å²) in [6.07, 6.45) is 3.25. The molecule has 5 heteroatoms. The molecule has 0 amide bonds. The number of carboxylic acids is 1. The Balaban J connectivity index is 1.61. The van der Waals surface area contributed by atoms with Crippen LogP contribution in [0.25, 0.3) is 11.0 Å². The average Bonchev–Trinajstić information content (AvgIpc) is 3.00. The summed E-state index contributed by atoms with van der Waals surface area (Å²) in [7, 11) is 0. The second-order valence-electron chi connectivity index (χ2n) is 4.94. The first-order valence-corrected chi connectivity index (χ1v) is 6.06. The van der Waals surface area contributed by atoms with Crippen LogP contribution in [0.4, 0.5) is 0 Å². The van der Waals surface area contributed by atoms with Gasteiger partial charge in [-0.1, -0.05) is 6.07 Å². The third-order valence-electron chi connectivity index (χ3n) is 3.58. The van der Waals surface area contributed by atoms with Gasteiger partial charge in [0.1, 0.15) is 0 Å². The summed E-state index contributed by atoms with van der Waals surface area (Å²) < 4.78 is 0. The Morgan fingerprint density at radius 1 is 1.50 bits per heavy atom. The lowest BCUT2D eigenvalue weighted by Gasteiger charge is -2.10. The number of nitrogens with one attached hydrogen (secondary N) is 2. The number of hydrogen-bond donors (Lipinski definition) is 3.